The average molecular weight is 472 g/mol. The lowest BCUT2D eigenvalue weighted by Crippen LogP contribution is -2.30. The van der Waals surface area contributed by atoms with Crippen molar-refractivity contribution in [3.63, 3.8) is 0 Å². The van der Waals surface area contributed by atoms with Crippen LogP contribution < -0.4 is 0 Å². The molecule has 2 heterocycles. The largest absolute Gasteiger partial charge is 0.345 e. The number of hydrogen-bond acceptors (Lipinski definition) is 4. The third kappa shape index (κ3) is 4.60. The van der Waals surface area contributed by atoms with E-state index in [1.807, 2.05) is 49.7 Å². The maximum absolute atomic E-state index is 13.2. The third-order valence-corrected chi connectivity index (χ3v) is 8.08. The Morgan fingerprint density at radius 1 is 1.09 bits per heavy atom. The van der Waals surface area contributed by atoms with Gasteiger partial charge in [-0.3, -0.25) is 4.79 Å². The molecule has 0 aliphatic heterocycles. The summed E-state index contributed by atoms with van der Waals surface area (Å²) in [7, 11) is -0.228. The van der Waals surface area contributed by atoms with Gasteiger partial charge in [-0.15, -0.1) is 0 Å². The SMILES string of the molecule is CCN(CC)S(=O)(=O)c1cc(C(=O)N(C)Cc2c(C)nn(-c3ccccc3C)c2C)n(C)c1. The average Bonchev–Trinajstić information content (AvgIpc) is 3.29. The van der Waals surface area contributed by atoms with Gasteiger partial charge < -0.3 is 9.47 Å². The Morgan fingerprint density at radius 2 is 1.73 bits per heavy atom. The molecule has 33 heavy (non-hydrogen) atoms. The van der Waals surface area contributed by atoms with Gasteiger partial charge in [0, 0.05) is 51.2 Å². The lowest BCUT2D eigenvalue weighted by atomic mass is 10.1. The fraction of sp³-hybridized carbons (Fsp3) is 0.417. The highest BCUT2D eigenvalue weighted by molar-refractivity contribution is 7.89. The molecule has 0 saturated heterocycles. The normalized spacial score (nSPS) is 11.9. The van der Waals surface area contributed by atoms with Gasteiger partial charge in [0.05, 0.1) is 11.4 Å². The Morgan fingerprint density at radius 3 is 2.33 bits per heavy atom. The lowest BCUT2D eigenvalue weighted by Gasteiger charge is -2.18. The molecule has 0 saturated carbocycles. The lowest BCUT2D eigenvalue weighted by molar-refractivity contribution is 0.0775. The number of aryl methyl sites for hydroxylation is 3. The van der Waals surface area contributed by atoms with Gasteiger partial charge in [-0.1, -0.05) is 32.0 Å². The summed E-state index contributed by atoms with van der Waals surface area (Å²) in [6, 6.07) is 9.50. The second-order valence-electron chi connectivity index (χ2n) is 8.27. The highest BCUT2D eigenvalue weighted by Crippen LogP contribution is 2.23. The maximum Gasteiger partial charge on any atom is 0.270 e. The van der Waals surface area contributed by atoms with E-state index < -0.39 is 10.0 Å². The fourth-order valence-corrected chi connectivity index (χ4v) is 5.57. The fourth-order valence-electron chi connectivity index (χ4n) is 4.04. The molecule has 2 aromatic heterocycles. The minimum Gasteiger partial charge on any atom is -0.345 e. The van der Waals surface area contributed by atoms with Crippen molar-refractivity contribution < 1.29 is 13.2 Å². The Balaban J connectivity index is 1.88. The van der Waals surface area contributed by atoms with Crippen molar-refractivity contribution in [1.82, 2.24) is 23.6 Å². The number of aromatic nitrogens is 3. The van der Waals surface area contributed by atoms with E-state index in [4.69, 9.17) is 5.10 Å². The summed E-state index contributed by atoms with van der Waals surface area (Å²) in [5.41, 5.74) is 5.24. The first-order valence-corrected chi connectivity index (χ1v) is 12.5. The first-order chi connectivity index (χ1) is 15.5. The van der Waals surface area contributed by atoms with Gasteiger partial charge >= 0.3 is 0 Å². The van der Waals surface area contributed by atoms with E-state index >= 15 is 0 Å². The standard InChI is InChI=1S/C24H33N5O3S/c1-8-28(9-2)33(31,32)20-14-23(26(6)15-20)24(30)27(7)16-21-18(4)25-29(19(21)5)22-13-11-10-12-17(22)3/h10-15H,8-9,16H2,1-7H3. The molecule has 0 unspecified atom stereocenters. The number of amides is 1. The van der Waals surface area contributed by atoms with Crippen molar-refractivity contribution in [1.29, 1.82) is 0 Å². The molecule has 3 aromatic rings. The first kappa shape index (κ1) is 24.7. The van der Waals surface area contributed by atoms with Gasteiger partial charge in [0.15, 0.2) is 0 Å². The van der Waals surface area contributed by atoms with E-state index in [9.17, 15) is 13.2 Å². The molecule has 0 fully saturated rings. The van der Waals surface area contributed by atoms with Crippen LogP contribution in [0.15, 0.2) is 41.4 Å². The summed E-state index contributed by atoms with van der Waals surface area (Å²) in [5, 5.41) is 4.71. The van der Waals surface area contributed by atoms with Crippen LogP contribution in [0.1, 0.15) is 46.9 Å². The van der Waals surface area contributed by atoms with Crippen LogP contribution in [0.3, 0.4) is 0 Å². The molecule has 0 atom stereocenters. The van der Waals surface area contributed by atoms with Crippen LogP contribution in [0.25, 0.3) is 5.69 Å². The summed E-state index contributed by atoms with van der Waals surface area (Å²) >= 11 is 0. The topological polar surface area (TPSA) is 80.4 Å². The number of carbonyl (C=O) groups excluding carboxylic acids is 1. The van der Waals surface area contributed by atoms with Crippen LogP contribution in [0.2, 0.25) is 0 Å². The van der Waals surface area contributed by atoms with Crippen LogP contribution in [0, 0.1) is 20.8 Å². The number of sulfonamides is 1. The van der Waals surface area contributed by atoms with E-state index in [1.165, 1.54) is 16.6 Å². The Bertz CT molecular complexity index is 1270. The van der Waals surface area contributed by atoms with Crippen LogP contribution >= 0.6 is 0 Å². The summed E-state index contributed by atoms with van der Waals surface area (Å²) in [4.78, 5) is 15.0. The molecule has 1 aromatic carbocycles. The summed E-state index contributed by atoms with van der Waals surface area (Å²) < 4.78 is 30.6. The number of benzene rings is 1. The quantitative estimate of drug-likeness (QED) is 0.504. The zero-order valence-corrected chi connectivity index (χ0v) is 21.3. The highest BCUT2D eigenvalue weighted by Gasteiger charge is 2.27. The molecular formula is C24H33N5O3S. The van der Waals surface area contributed by atoms with Gasteiger partial charge in [-0.05, 0) is 38.5 Å². The molecule has 0 bridgehead atoms. The van der Waals surface area contributed by atoms with Crippen LogP contribution in [-0.2, 0) is 23.6 Å². The van der Waals surface area contributed by atoms with Crippen LogP contribution in [-0.4, -0.2) is 58.0 Å². The van der Waals surface area contributed by atoms with Crippen LogP contribution in [0.4, 0.5) is 0 Å². The van der Waals surface area contributed by atoms with E-state index in [0.717, 1.165) is 28.2 Å². The van der Waals surface area contributed by atoms with Crippen molar-refractivity contribution in [2.45, 2.75) is 46.1 Å². The minimum atomic E-state index is -3.64. The van der Waals surface area contributed by atoms with Gasteiger partial charge in [-0.2, -0.15) is 9.40 Å². The summed E-state index contributed by atoms with van der Waals surface area (Å²) in [6.45, 7) is 10.7. The Labute approximate surface area is 196 Å². The molecule has 0 radical (unpaired) electrons. The smallest absolute Gasteiger partial charge is 0.270 e. The monoisotopic (exact) mass is 471 g/mol. The second-order valence-corrected chi connectivity index (χ2v) is 10.2. The molecule has 0 N–H and O–H groups in total. The predicted octanol–water partition coefficient (Wildman–Crippen LogP) is 3.44. The van der Waals surface area contributed by atoms with Crippen molar-refractivity contribution in [2.24, 2.45) is 7.05 Å². The number of para-hydroxylation sites is 1. The Hall–Kier alpha value is -2.91. The van der Waals surface area contributed by atoms with Gasteiger partial charge in [0.1, 0.15) is 10.6 Å². The van der Waals surface area contributed by atoms with Gasteiger partial charge in [-0.25, -0.2) is 13.1 Å². The molecule has 0 aliphatic rings. The molecule has 9 heteroatoms. The molecular weight excluding hydrogens is 438 g/mol. The van der Waals surface area contributed by atoms with Gasteiger partial charge in [0.2, 0.25) is 10.0 Å². The molecule has 0 aliphatic carbocycles. The molecule has 3 rings (SSSR count). The zero-order valence-electron chi connectivity index (χ0n) is 20.5. The van der Waals surface area contributed by atoms with E-state index in [0.29, 0.717) is 25.3 Å². The number of hydrogen-bond donors (Lipinski definition) is 0. The Kier molecular flexibility index (Phi) is 7.14. The number of nitrogens with zero attached hydrogens (tertiary/aromatic N) is 5. The van der Waals surface area contributed by atoms with Crippen LogP contribution in [0.5, 0.6) is 0 Å². The molecule has 178 valence electrons. The van der Waals surface area contributed by atoms with Crippen molar-refractivity contribution >= 4 is 15.9 Å². The highest BCUT2D eigenvalue weighted by atomic mass is 32.2. The second kappa shape index (κ2) is 9.52. The molecule has 0 spiro atoms. The minimum absolute atomic E-state index is 0.130. The van der Waals surface area contributed by atoms with Crippen molar-refractivity contribution in [3.05, 3.63) is 64.7 Å². The summed E-state index contributed by atoms with van der Waals surface area (Å²) in [5.74, 6) is -0.249. The first-order valence-electron chi connectivity index (χ1n) is 11.1. The van der Waals surface area contributed by atoms with E-state index in [-0.39, 0.29) is 10.8 Å². The summed E-state index contributed by atoms with van der Waals surface area (Å²) in [6.07, 6.45) is 1.50. The predicted molar refractivity (Wildman–Crippen MR) is 129 cm³/mol. The molecule has 8 nitrogen and oxygen atoms in total. The maximum atomic E-state index is 13.2. The van der Waals surface area contributed by atoms with Crippen molar-refractivity contribution in [3.8, 4) is 5.69 Å². The number of carbonyl (C=O) groups is 1. The molecule has 1 amide bonds. The van der Waals surface area contributed by atoms with E-state index in [2.05, 4.69) is 0 Å². The van der Waals surface area contributed by atoms with E-state index in [1.54, 1.807) is 37.4 Å². The number of rotatable bonds is 8. The van der Waals surface area contributed by atoms with Crippen molar-refractivity contribution in [2.75, 3.05) is 20.1 Å². The zero-order chi connectivity index (χ0) is 24.5. The van der Waals surface area contributed by atoms with Gasteiger partial charge in [0.25, 0.3) is 5.91 Å². The third-order valence-electron chi connectivity index (χ3n) is 6.07.